The van der Waals surface area contributed by atoms with Gasteiger partial charge in [0.15, 0.2) is 0 Å². The molecule has 82 valence electrons. The first-order chi connectivity index (χ1) is 6.68. The van der Waals surface area contributed by atoms with Crippen LogP contribution in [-0.4, -0.2) is 38.3 Å². The van der Waals surface area contributed by atoms with E-state index in [2.05, 4.69) is 10.6 Å². The van der Waals surface area contributed by atoms with Gasteiger partial charge in [-0.25, -0.2) is 0 Å². The van der Waals surface area contributed by atoms with Crippen LogP contribution in [0.3, 0.4) is 0 Å². The van der Waals surface area contributed by atoms with E-state index >= 15 is 0 Å². The van der Waals surface area contributed by atoms with Crippen molar-refractivity contribution in [1.82, 2.24) is 10.6 Å². The molecule has 0 aromatic carbocycles. The van der Waals surface area contributed by atoms with E-state index in [1.54, 1.807) is 0 Å². The van der Waals surface area contributed by atoms with Crippen LogP contribution in [0, 0.1) is 5.92 Å². The lowest BCUT2D eigenvalue weighted by atomic mass is 10.1. The van der Waals surface area contributed by atoms with Crippen LogP contribution >= 0.6 is 0 Å². The smallest absolute Gasteiger partial charge is 0.220 e. The van der Waals surface area contributed by atoms with Crippen LogP contribution in [0.5, 0.6) is 0 Å². The zero-order chi connectivity index (χ0) is 10.4. The van der Waals surface area contributed by atoms with Gasteiger partial charge in [-0.1, -0.05) is 13.8 Å². The molecule has 1 fully saturated rings. The molecule has 0 aromatic rings. The third-order valence-corrected chi connectivity index (χ3v) is 2.12. The van der Waals surface area contributed by atoms with Gasteiger partial charge in [-0.05, 0) is 5.92 Å². The summed E-state index contributed by atoms with van der Waals surface area (Å²) >= 11 is 0. The Morgan fingerprint density at radius 1 is 1.64 bits per heavy atom. The first-order valence-electron chi connectivity index (χ1n) is 5.27. The van der Waals surface area contributed by atoms with E-state index in [4.69, 9.17) is 4.74 Å². The molecule has 1 heterocycles. The third-order valence-electron chi connectivity index (χ3n) is 2.12. The Kier molecular flexibility index (Phi) is 4.90. The average Bonchev–Trinajstić information content (AvgIpc) is 2.15. The molecule has 0 saturated carbocycles. The minimum Gasteiger partial charge on any atom is -0.374 e. The highest BCUT2D eigenvalue weighted by molar-refractivity contribution is 5.76. The molecular weight excluding hydrogens is 180 g/mol. The Morgan fingerprint density at radius 3 is 3.00 bits per heavy atom. The summed E-state index contributed by atoms with van der Waals surface area (Å²) in [6.07, 6.45) is 0.736. The number of hydrogen-bond acceptors (Lipinski definition) is 3. The predicted octanol–water partition coefficient (Wildman–Crippen LogP) is 0.137. The van der Waals surface area contributed by atoms with Gasteiger partial charge in [0.2, 0.25) is 5.91 Å². The monoisotopic (exact) mass is 200 g/mol. The van der Waals surface area contributed by atoms with Gasteiger partial charge in [0, 0.05) is 26.1 Å². The Balaban J connectivity index is 2.09. The number of hydrogen-bond donors (Lipinski definition) is 2. The van der Waals surface area contributed by atoms with Crippen LogP contribution in [0.25, 0.3) is 0 Å². The second kappa shape index (κ2) is 5.98. The number of amides is 1. The lowest BCUT2D eigenvalue weighted by Gasteiger charge is -2.23. The van der Waals surface area contributed by atoms with Crippen molar-refractivity contribution in [2.24, 2.45) is 5.92 Å². The summed E-state index contributed by atoms with van der Waals surface area (Å²) in [4.78, 5) is 11.3. The number of carbonyl (C=O) groups is 1. The number of ether oxygens (including phenoxy) is 1. The fourth-order valence-electron chi connectivity index (χ4n) is 1.42. The van der Waals surface area contributed by atoms with Crippen LogP contribution < -0.4 is 10.6 Å². The zero-order valence-corrected chi connectivity index (χ0v) is 9.01. The van der Waals surface area contributed by atoms with Gasteiger partial charge in [0.05, 0.1) is 12.7 Å². The summed E-state index contributed by atoms with van der Waals surface area (Å²) in [7, 11) is 0. The van der Waals surface area contributed by atoms with Crippen molar-refractivity contribution in [2.45, 2.75) is 26.4 Å². The van der Waals surface area contributed by atoms with E-state index in [0.717, 1.165) is 19.7 Å². The van der Waals surface area contributed by atoms with E-state index in [0.29, 0.717) is 18.9 Å². The fraction of sp³-hybridized carbons (Fsp3) is 0.900. The Morgan fingerprint density at radius 2 is 2.43 bits per heavy atom. The van der Waals surface area contributed by atoms with E-state index < -0.39 is 0 Å². The van der Waals surface area contributed by atoms with E-state index in [9.17, 15) is 4.79 Å². The van der Waals surface area contributed by atoms with Gasteiger partial charge in [0.1, 0.15) is 0 Å². The number of rotatable bonds is 4. The van der Waals surface area contributed by atoms with Gasteiger partial charge in [-0.15, -0.1) is 0 Å². The van der Waals surface area contributed by atoms with Crippen LogP contribution in [0.15, 0.2) is 0 Å². The summed E-state index contributed by atoms with van der Waals surface area (Å²) in [5.41, 5.74) is 0. The topological polar surface area (TPSA) is 50.4 Å². The van der Waals surface area contributed by atoms with E-state index in [1.165, 1.54) is 0 Å². The molecular formula is C10H20N2O2. The van der Waals surface area contributed by atoms with Crippen molar-refractivity contribution >= 4 is 5.91 Å². The summed E-state index contributed by atoms with van der Waals surface area (Å²) in [6, 6.07) is 0. The van der Waals surface area contributed by atoms with Crippen molar-refractivity contribution in [3.05, 3.63) is 0 Å². The molecule has 1 rings (SSSR count). The van der Waals surface area contributed by atoms with Crippen LogP contribution in [0.2, 0.25) is 0 Å². The van der Waals surface area contributed by atoms with E-state index in [1.807, 2.05) is 13.8 Å². The molecule has 0 aliphatic carbocycles. The average molecular weight is 200 g/mol. The molecule has 4 heteroatoms. The molecule has 1 amide bonds. The predicted molar refractivity (Wildman–Crippen MR) is 55.1 cm³/mol. The van der Waals surface area contributed by atoms with Gasteiger partial charge in [-0.2, -0.15) is 0 Å². The molecule has 1 saturated heterocycles. The normalized spacial score (nSPS) is 22.4. The SMILES string of the molecule is CC(C)CC(=O)NCC1CNCCO1. The van der Waals surface area contributed by atoms with Crippen LogP contribution in [-0.2, 0) is 9.53 Å². The maximum Gasteiger partial charge on any atom is 0.220 e. The quantitative estimate of drug-likeness (QED) is 0.678. The second-order valence-electron chi connectivity index (χ2n) is 4.10. The van der Waals surface area contributed by atoms with Crippen LogP contribution in [0.4, 0.5) is 0 Å². The fourth-order valence-corrected chi connectivity index (χ4v) is 1.42. The maximum atomic E-state index is 11.3. The molecule has 1 atom stereocenters. The minimum atomic E-state index is 0.120. The largest absolute Gasteiger partial charge is 0.374 e. The van der Waals surface area contributed by atoms with Crippen molar-refractivity contribution in [2.75, 3.05) is 26.2 Å². The Bertz CT molecular complexity index is 177. The highest BCUT2D eigenvalue weighted by atomic mass is 16.5. The lowest BCUT2D eigenvalue weighted by molar-refractivity contribution is -0.122. The van der Waals surface area contributed by atoms with Crippen LogP contribution in [0.1, 0.15) is 20.3 Å². The van der Waals surface area contributed by atoms with Gasteiger partial charge >= 0.3 is 0 Å². The number of carbonyl (C=O) groups excluding carboxylic acids is 1. The molecule has 0 bridgehead atoms. The summed E-state index contributed by atoms with van der Waals surface area (Å²) in [5, 5.41) is 6.10. The Hall–Kier alpha value is -0.610. The first-order valence-corrected chi connectivity index (χ1v) is 5.27. The van der Waals surface area contributed by atoms with Crippen molar-refractivity contribution in [3.8, 4) is 0 Å². The molecule has 0 spiro atoms. The summed E-state index contributed by atoms with van der Waals surface area (Å²) in [6.45, 7) is 7.19. The highest BCUT2D eigenvalue weighted by Gasteiger charge is 2.14. The molecule has 1 unspecified atom stereocenters. The maximum absolute atomic E-state index is 11.3. The second-order valence-corrected chi connectivity index (χ2v) is 4.10. The molecule has 0 radical (unpaired) electrons. The molecule has 0 aromatic heterocycles. The minimum absolute atomic E-state index is 0.120. The van der Waals surface area contributed by atoms with E-state index in [-0.39, 0.29) is 12.0 Å². The van der Waals surface area contributed by atoms with Gasteiger partial charge in [-0.3, -0.25) is 4.79 Å². The first kappa shape index (κ1) is 11.5. The number of nitrogens with one attached hydrogen (secondary N) is 2. The van der Waals surface area contributed by atoms with Crippen molar-refractivity contribution in [3.63, 3.8) is 0 Å². The standard InChI is InChI=1S/C10H20N2O2/c1-8(2)5-10(13)12-7-9-6-11-3-4-14-9/h8-9,11H,3-7H2,1-2H3,(H,12,13). The Labute approximate surface area is 85.4 Å². The summed E-state index contributed by atoms with van der Waals surface area (Å²) in [5.74, 6) is 0.537. The van der Waals surface area contributed by atoms with Gasteiger partial charge < -0.3 is 15.4 Å². The molecule has 14 heavy (non-hydrogen) atoms. The zero-order valence-electron chi connectivity index (χ0n) is 9.01. The van der Waals surface area contributed by atoms with Crippen molar-refractivity contribution < 1.29 is 9.53 Å². The number of morpholine rings is 1. The lowest BCUT2D eigenvalue weighted by Crippen LogP contribution is -2.45. The molecule has 4 nitrogen and oxygen atoms in total. The molecule has 1 aliphatic rings. The van der Waals surface area contributed by atoms with Crippen molar-refractivity contribution in [1.29, 1.82) is 0 Å². The van der Waals surface area contributed by atoms with Gasteiger partial charge in [0.25, 0.3) is 0 Å². The third kappa shape index (κ3) is 4.58. The molecule has 2 N–H and O–H groups in total. The highest BCUT2D eigenvalue weighted by Crippen LogP contribution is 1.99. The molecule has 1 aliphatic heterocycles. The summed E-state index contributed by atoms with van der Waals surface area (Å²) < 4.78 is 5.46.